The number of rotatable bonds is 2. The standard InChI is InChI=1S/C8H15N/c1-3-6-9-7-4-5-8(9)2/h5H,3-4,6-7H2,1-2H3. The second-order valence-corrected chi connectivity index (χ2v) is 2.62. The Balaban J connectivity index is 2.34. The van der Waals surface area contributed by atoms with Crippen molar-refractivity contribution in [2.24, 2.45) is 0 Å². The normalized spacial score (nSPS) is 18.4. The van der Waals surface area contributed by atoms with Gasteiger partial charge in [-0.05, 0) is 19.8 Å². The molecule has 0 aromatic carbocycles. The molecular weight excluding hydrogens is 110 g/mol. The van der Waals surface area contributed by atoms with Crippen LogP contribution in [0.4, 0.5) is 0 Å². The highest BCUT2D eigenvalue weighted by Gasteiger charge is 2.07. The molecule has 0 aromatic rings. The van der Waals surface area contributed by atoms with Crippen LogP contribution in [0.15, 0.2) is 11.8 Å². The van der Waals surface area contributed by atoms with Crippen LogP contribution in [-0.2, 0) is 0 Å². The van der Waals surface area contributed by atoms with Crippen LogP contribution in [0, 0.1) is 0 Å². The summed E-state index contributed by atoms with van der Waals surface area (Å²) < 4.78 is 0. The topological polar surface area (TPSA) is 3.24 Å². The van der Waals surface area contributed by atoms with Gasteiger partial charge in [0, 0.05) is 18.8 Å². The highest BCUT2D eigenvalue weighted by molar-refractivity contribution is 5.03. The zero-order chi connectivity index (χ0) is 6.69. The van der Waals surface area contributed by atoms with Gasteiger partial charge in [-0.2, -0.15) is 0 Å². The van der Waals surface area contributed by atoms with Crippen LogP contribution in [0.1, 0.15) is 26.7 Å². The van der Waals surface area contributed by atoms with Gasteiger partial charge in [-0.1, -0.05) is 13.0 Å². The van der Waals surface area contributed by atoms with Gasteiger partial charge >= 0.3 is 0 Å². The van der Waals surface area contributed by atoms with Crippen molar-refractivity contribution >= 4 is 0 Å². The van der Waals surface area contributed by atoms with Crippen LogP contribution in [0.25, 0.3) is 0 Å². The highest BCUT2D eigenvalue weighted by Crippen LogP contribution is 2.13. The summed E-state index contributed by atoms with van der Waals surface area (Å²) in [6, 6.07) is 0. The first-order chi connectivity index (χ1) is 4.34. The lowest BCUT2D eigenvalue weighted by Gasteiger charge is -2.18. The predicted molar refractivity (Wildman–Crippen MR) is 40.2 cm³/mol. The molecule has 0 atom stereocenters. The summed E-state index contributed by atoms with van der Waals surface area (Å²) in [5, 5.41) is 0. The molecule has 0 amide bonds. The Morgan fingerprint density at radius 3 is 2.89 bits per heavy atom. The molecule has 0 radical (unpaired) electrons. The van der Waals surface area contributed by atoms with E-state index in [4.69, 9.17) is 0 Å². The van der Waals surface area contributed by atoms with E-state index in [0.717, 1.165) is 0 Å². The van der Waals surface area contributed by atoms with Crippen LogP contribution >= 0.6 is 0 Å². The average molecular weight is 125 g/mol. The molecule has 9 heavy (non-hydrogen) atoms. The van der Waals surface area contributed by atoms with Gasteiger partial charge in [-0.25, -0.2) is 0 Å². The van der Waals surface area contributed by atoms with Crippen LogP contribution in [0.3, 0.4) is 0 Å². The van der Waals surface area contributed by atoms with Gasteiger partial charge in [-0.3, -0.25) is 0 Å². The Bertz CT molecular complexity index is 116. The van der Waals surface area contributed by atoms with E-state index in [1.54, 1.807) is 0 Å². The van der Waals surface area contributed by atoms with Gasteiger partial charge in [0.2, 0.25) is 0 Å². The Kier molecular flexibility index (Phi) is 2.15. The second kappa shape index (κ2) is 2.90. The molecule has 1 heteroatoms. The van der Waals surface area contributed by atoms with Crippen molar-refractivity contribution in [2.45, 2.75) is 26.7 Å². The van der Waals surface area contributed by atoms with Crippen molar-refractivity contribution in [2.75, 3.05) is 13.1 Å². The first-order valence-corrected chi connectivity index (χ1v) is 3.76. The highest BCUT2D eigenvalue weighted by atomic mass is 15.1. The minimum Gasteiger partial charge on any atom is -0.375 e. The van der Waals surface area contributed by atoms with E-state index in [-0.39, 0.29) is 0 Å². The van der Waals surface area contributed by atoms with Crippen LogP contribution < -0.4 is 0 Å². The third-order valence-corrected chi connectivity index (χ3v) is 1.83. The lowest BCUT2D eigenvalue weighted by molar-refractivity contribution is 0.377. The Morgan fingerprint density at radius 2 is 2.44 bits per heavy atom. The third-order valence-electron chi connectivity index (χ3n) is 1.83. The fourth-order valence-corrected chi connectivity index (χ4v) is 1.29. The number of hydrogen-bond donors (Lipinski definition) is 0. The van der Waals surface area contributed by atoms with Gasteiger partial charge in [-0.15, -0.1) is 0 Å². The smallest absolute Gasteiger partial charge is 0.0210 e. The average Bonchev–Trinajstić information content (AvgIpc) is 2.18. The third kappa shape index (κ3) is 1.47. The van der Waals surface area contributed by atoms with Crippen LogP contribution in [-0.4, -0.2) is 18.0 Å². The van der Waals surface area contributed by atoms with Gasteiger partial charge < -0.3 is 4.90 Å². The van der Waals surface area contributed by atoms with Crippen molar-refractivity contribution in [1.29, 1.82) is 0 Å². The molecule has 1 aliphatic heterocycles. The Hall–Kier alpha value is -0.460. The van der Waals surface area contributed by atoms with E-state index >= 15 is 0 Å². The molecule has 1 rings (SSSR count). The molecule has 52 valence electrons. The molecule has 0 unspecified atom stereocenters. The zero-order valence-corrected chi connectivity index (χ0v) is 6.35. The number of nitrogens with zero attached hydrogens (tertiary/aromatic N) is 1. The first kappa shape index (κ1) is 6.66. The van der Waals surface area contributed by atoms with E-state index in [1.165, 1.54) is 31.6 Å². The van der Waals surface area contributed by atoms with Crippen LogP contribution in [0.5, 0.6) is 0 Å². The second-order valence-electron chi connectivity index (χ2n) is 2.62. The fourth-order valence-electron chi connectivity index (χ4n) is 1.29. The van der Waals surface area contributed by atoms with Crippen molar-refractivity contribution in [3.8, 4) is 0 Å². The Labute approximate surface area is 57.4 Å². The summed E-state index contributed by atoms with van der Waals surface area (Å²) in [5.41, 5.74) is 1.47. The Morgan fingerprint density at radius 1 is 1.67 bits per heavy atom. The molecular formula is C8H15N. The van der Waals surface area contributed by atoms with E-state index in [2.05, 4.69) is 24.8 Å². The molecule has 1 nitrogen and oxygen atoms in total. The zero-order valence-electron chi connectivity index (χ0n) is 6.35. The van der Waals surface area contributed by atoms with Crippen LogP contribution in [0.2, 0.25) is 0 Å². The summed E-state index contributed by atoms with van der Waals surface area (Å²) in [7, 11) is 0. The fraction of sp³-hybridized carbons (Fsp3) is 0.750. The predicted octanol–water partition coefficient (Wildman–Crippen LogP) is 2.01. The molecule has 1 aliphatic rings. The molecule has 0 aliphatic carbocycles. The number of allylic oxidation sites excluding steroid dienone is 1. The van der Waals surface area contributed by atoms with Crippen molar-refractivity contribution in [1.82, 2.24) is 4.90 Å². The van der Waals surface area contributed by atoms with Gasteiger partial charge in [0.25, 0.3) is 0 Å². The molecule has 0 spiro atoms. The molecule has 0 fully saturated rings. The molecule has 0 N–H and O–H groups in total. The molecule has 0 saturated heterocycles. The maximum Gasteiger partial charge on any atom is 0.0210 e. The molecule has 0 saturated carbocycles. The largest absolute Gasteiger partial charge is 0.375 e. The summed E-state index contributed by atoms with van der Waals surface area (Å²) in [4.78, 5) is 2.44. The quantitative estimate of drug-likeness (QED) is 0.545. The minimum atomic E-state index is 1.24. The SMILES string of the molecule is CCCN1CCC=C1C. The van der Waals surface area contributed by atoms with Crippen molar-refractivity contribution in [3.63, 3.8) is 0 Å². The molecule has 0 bridgehead atoms. The molecule has 0 aromatic heterocycles. The maximum absolute atomic E-state index is 2.44. The van der Waals surface area contributed by atoms with E-state index in [9.17, 15) is 0 Å². The van der Waals surface area contributed by atoms with Crippen molar-refractivity contribution in [3.05, 3.63) is 11.8 Å². The van der Waals surface area contributed by atoms with E-state index in [1.807, 2.05) is 0 Å². The lowest BCUT2D eigenvalue weighted by Crippen LogP contribution is -2.18. The van der Waals surface area contributed by atoms with Gasteiger partial charge in [0.05, 0.1) is 0 Å². The summed E-state index contributed by atoms with van der Waals surface area (Å²) in [6.07, 6.45) is 4.84. The minimum absolute atomic E-state index is 1.24. The summed E-state index contributed by atoms with van der Waals surface area (Å²) in [5.74, 6) is 0. The summed E-state index contributed by atoms with van der Waals surface area (Å²) >= 11 is 0. The lowest BCUT2D eigenvalue weighted by atomic mass is 10.4. The molecule has 1 heterocycles. The van der Waals surface area contributed by atoms with Crippen molar-refractivity contribution < 1.29 is 0 Å². The number of hydrogen-bond acceptors (Lipinski definition) is 1. The van der Waals surface area contributed by atoms with E-state index < -0.39 is 0 Å². The van der Waals surface area contributed by atoms with E-state index in [0.29, 0.717) is 0 Å². The van der Waals surface area contributed by atoms with Gasteiger partial charge in [0.1, 0.15) is 0 Å². The monoisotopic (exact) mass is 125 g/mol. The first-order valence-electron chi connectivity index (χ1n) is 3.76. The van der Waals surface area contributed by atoms with Gasteiger partial charge in [0.15, 0.2) is 0 Å². The maximum atomic E-state index is 2.44. The summed E-state index contributed by atoms with van der Waals surface area (Å²) in [6.45, 7) is 6.91.